The molecule has 1 amide bonds. The Balaban J connectivity index is 1.90. The maximum Gasteiger partial charge on any atom is 0.257 e. The third kappa shape index (κ3) is 4.14. The first-order valence-electron chi connectivity index (χ1n) is 8.62. The summed E-state index contributed by atoms with van der Waals surface area (Å²) < 4.78 is 0. The molecule has 26 heavy (non-hydrogen) atoms. The Kier molecular flexibility index (Phi) is 5.74. The number of anilines is 1. The number of thiazole rings is 1. The van der Waals surface area contributed by atoms with E-state index in [2.05, 4.69) is 44.3 Å². The van der Waals surface area contributed by atoms with Crippen molar-refractivity contribution < 1.29 is 4.79 Å². The number of halogens is 1. The number of benzene rings is 2. The highest BCUT2D eigenvalue weighted by molar-refractivity contribution is 7.16. The van der Waals surface area contributed by atoms with Crippen LogP contribution in [0.15, 0.2) is 42.5 Å². The van der Waals surface area contributed by atoms with Crippen LogP contribution in [-0.2, 0) is 6.42 Å². The van der Waals surface area contributed by atoms with Gasteiger partial charge in [0, 0.05) is 21.0 Å². The molecule has 134 valence electrons. The average molecular weight is 385 g/mol. The summed E-state index contributed by atoms with van der Waals surface area (Å²) in [6.07, 6.45) is 1.97. The number of aromatic nitrogens is 1. The number of carbonyl (C=O) groups is 1. The van der Waals surface area contributed by atoms with E-state index in [0.717, 1.165) is 24.1 Å². The fourth-order valence-corrected chi connectivity index (χ4v) is 3.89. The Labute approximate surface area is 163 Å². The van der Waals surface area contributed by atoms with Crippen molar-refractivity contribution in [3.63, 3.8) is 0 Å². The summed E-state index contributed by atoms with van der Waals surface area (Å²) in [5.41, 5.74) is 5.13. The third-order valence-electron chi connectivity index (χ3n) is 4.28. The highest BCUT2D eigenvalue weighted by Crippen LogP contribution is 2.33. The van der Waals surface area contributed by atoms with E-state index >= 15 is 0 Å². The molecule has 0 aliphatic carbocycles. The van der Waals surface area contributed by atoms with Gasteiger partial charge in [-0.1, -0.05) is 37.1 Å². The van der Waals surface area contributed by atoms with Crippen molar-refractivity contribution in [1.29, 1.82) is 0 Å². The lowest BCUT2D eigenvalue weighted by atomic mass is 10.0. The molecule has 3 aromatic rings. The van der Waals surface area contributed by atoms with Crippen molar-refractivity contribution in [2.75, 3.05) is 5.32 Å². The van der Waals surface area contributed by atoms with Gasteiger partial charge in [-0.2, -0.15) is 0 Å². The number of carbonyl (C=O) groups excluding carboxylic acids is 1. The predicted octanol–water partition coefficient (Wildman–Crippen LogP) is 6.29. The lowest BCUT2D eigenvalue weighted by Gasteiger charge is -2.05. The molecule has 0 bridgehead atoms. The Morgan fingerprint density at radius 3 is 2.50 bits per heavy atom. The van der Waals surface area contributed by atoms with E-state index in [1.54, 1.807) is 35.6 Å². The molecule has 0 unspecified atom stereocenters. The molecular weight excluding hydrogens is 364 g/mol. The number of hydrogen-bond donors (Lipinski definition) is 1. The molecule has 1 N–H and O–H groups in total. The van der Waals surface area contributed by atoms with Crippen LogP contribution >= 0.6 is 22.9 Å². The topological polar surface area (TPSA) is 42.0 Å². The fourth-order valence-electron chi connectivity index (χ4n) is 2.69. The van der Waals surface area contributed by atoms with Crippen LogP contribution in [0.1, 0.15) is 39.7 Å². The van der Waals surface area contributed by atoms with Crippen molar-refractivity contribution in [1.82, 2.24) is 4.98 Å². The molecule has 0 aliphatic heterocycles. The Bertz CT molecular complexity index is 932. The number of nitrogens with zero attached hydrogens (tertiary/aromatic N) is 1. The molecule has 1 aromatic heterocycles. The van der Waals surface area contributed by atoms with Crippen LogP contribution in [-0.4, -0.2) is 10.9 Å². The number of hydrogen-bond acceptors (Lipinski definition) is 3. The number of nitrogens with one attached hydrogen (secondary N) is 1. The van der Waals surface area contributed by atoms with Crippen LogP contribution in [0.2, 0.25) is 5.02 Å². The molecule has 3 rings (SSSR count). The van der Waals surface area contributed by atoms with E-state index < -0.39 is 0 Å². The van der Waals surface area contributed by atoms with Gasteiger partial charge in [-0.3, -0.25) is 10.1 Å². The number of aryl methyl sites for hydroxylation is 3. The van der Waals surface area contributed by atoms with Crippen LogP contribution in [0.4, 0.5) is 5.13 Å². The lowest BCUT2D eigenvalue weighted by Crippen LogP contribution is -2.11. The zero-order valence-corrected chi connectivity index (χ0v) is 16.7. The van der Waals surface area contributed by atoms with Crippen molar-refractivity contribution in [2.24, 2.45) is 0 Å². The van der Waals surface area contributed by atoms with E-state index in [1.807, 2.05) is 0 Å². The lowest BCUT2D eigenvalue weighted by molar-refractivity contribution is 0.102. The largest absolute Gasteiger partial charge is 0.298 e. The standard InChI is InChI=1S/C21H21ClN2OS/c1-4-5-18-19(16-7-6-13(2)14(3)12-16)23-21(26-18)24-20(25)15-8-10-17(22)11-9-15/h6-12H,4-5H2,1-3H3,(H,23,24,25). The minimum Gasteiger partial charge on any atom is -0.298 e. The molecule has 2 aromatic carbocycles. The maximum absolute atomic E-state index is 12.5. The van der Waals surface area contributed by atoms with Gasteiger partial charge in [-0.15, -0.1) is 11.3 Å². The second-order valence-corrected chi connectivity index (χ2v) is 7.82. The molecule has 5 heteroatoms. The van der Waals surface area contributed by atoms with Gasteiger partial charge in [-0.05, 0) is 61.7 Å². The van der Waals surface area contributed by atoms with Crippen molar-refractivity contribution in [3.05, 3.63) is 69.1 Å². The van der Waals surface area contributed by atoms with E-state index in [-0.39, 0.29) is 5.91 Å². The number of rotatable bonds is 5. The minimum atomic E-state index is -0.176. The summed E-state index contributed by atoms with van der Waals surface area (Å²) in [6.45, 7) is 6.36. The van der Waals surface area contributed by atoms with Gasteiger partial charge in [0.2, 0.25) is 0 Å². The van der Waals surface area contributed by atoms with Crippen LogP contribution in [0.5, 0.6) is 0 Å². The van der Waals surface area contributed by atoms with E-state index in [0.29, 0.717) is 15.7 Å². The Morgan fingerprint density at radius 2 is 1.85 bits per heavy atom. The number of amides is 1. The molecular formula is C21H21ClN2OS. The molecule has 0 radical (unpaired) electrons. The van der Waals surface area contributed by atoms with E-state index in [9.17, 15) is 4.79 Å². The monoisotopic (exact) mass is 384 g/mol. The van der Waals surface area contributed by atoms with Gasteiger partial charge < -0.3 is 0 Å². The van der Waals surface area contributed by atoms with Crippen LogP contribution in [0, 0.1) is 13.8 Å². The van der Waals surface area contributed by atoms with Gasteiger partial charge in [0.1, 0.15) is 0 Å². The molecule has 0 saturated carbocycles. The van der Waals surface area contributed by atoms with Gasteiger partial charge >= 0.3 is 0 Å². The van der Waals surface area contributed by atoms with Crippen molar-refractivity contribution >= 4 is 34.0 Å². The third-order valence-corrected chi connectivity index (χ3v) is 5.56. The SMILES string of the molecule is CCCc1sc(NC(=O)c2ccc(Cl)cc2)nc1-c1ccc(C)c(C)c1. The van der Waals surface area contributed by atoms with Crippen LogP contribution in [0.25, 0.3) is 11.3 Å². The smallest absolute Gasteiger partial charge is 0.257 e. The average Bonchev–Trinajstić information content (AvgIpc) is 3.00. The maximum atomic E-state index is 12.5. The van der Waals surface area contributed by atoms with Gasteiger partial charge in [-0.25, -0.2) is 4.98 Å². The summed E-state index contributed by atoms with van der Waals surface area (Å²) in [5.74, 6) is -0.176. The highest BCUT2D eigenvalue weighted by Gasteiger charge is 2.15. The highest BCUT2D eigenvalue weighted by atomic mass is 35.5. The summed E-state index contributed by atoms with van der Waals surface area (Å²) in [7, 11) is 0. The zero-order chi connectivity index (χ0) is 18.7. The molecule has 0 atom stereocenters. The molecule has 0 spiro atoms. The summed E-state index contributed by atoms with van der Waals surface area (Å²) in [5, 5.41) is 4.15. The van der Waals surface area contributed by atoms with E-state index in [1.165, 1.54) is 16.0 Å². The second kappa shape index (κ2) is 8.02. The first-order valence-corrected chi connectivity index (χ1v) is 9.81. The van der Waals surface area contributed by atoms with Crippen molar-refractivity contribution in [3.8, 4) is 11.3 Å². The quantitative estimate of drug-likeness (QED) is 0.562. The summed E-state index contributed by atoms with van der Waals surface area (Å²) in [4.78, 5) is 18.4. The summed E-state index contributed by atoms with van der Waals surface area (Å²) >= 11 is 7.43. The van der Waals surface area contributed by atoms with Crippen LogP contribution < -0.4 is 5.32 Å². The second-order valence-electron chi connectivity index (χ2n) is 6.30. The normalized spacial score (nSPS) is 10.8. The molecule has 1 heterocycles. The summed E-state index contributed by atoms with van der Waals surface area (Å²) in [6, 6.07) is 13.2. The Morgan fingerprint density at radius 1 is 1.12 bits per heavy atom. The van der Waals surface area contributed by atoms with Gasteiger partial charge in [0.15, 0.2) is 5.13 Å². The predicted molar refractivity (Wildman–Crippen MR) is 110 cm³/mol. The first kappa shape index (κ1) is 18.6. The molecule has 0 aliphatic rings. The minimum absolute atomic E-state index is 0.176. The van der Waals surface area contributed by atoms with Gasteiger partial charge in [0.25, 0.3) is 5.91 Å². The Hall–Kier alpha value is -2.17. The zero-order valence-electron chi connectivity index (χ0n) is 15.1. The van der Waals surface area contributed by atoms with E-state index in [4.69, 9.17) is 16.6 Å². The fraction of sp³-hybridized carbons (Fsp3) is 0.238. The van der Waals surface area contributed by atoms with Gasteiger partial charge in [0.05, 0.1) is 5.69 Å². The van der Waals surface area contributed by atoms with Crippen molar-refractivity contribution in [2.45, 2.75) is 33.6 Å². The van der Waals surface area contributed by atoms with Crippen LogP contribution in [0.3, 0.4) is 0 Å². The molecule has 0 fully saturated rings. The molecule has 0 saturated heterocycles. The molecule has 3 nitrogen and oxygen atoms in total. The first-order chi connectivity index (χ1) is 12.5.